The zero-order valence-corrected chi connectivity index (χ0v) is 19.0. The first-order chi connectivity index (χ1) is 15.2. The zero-order valence-electron chi connectivity index (χ0n) is 19.0. The molecule has 0 bridgehead atoms. The Labute approximate surface area is 187 Å². The van der Waals surface area contributed by atoms with Crippen LogP contribution in [0.4, 0.5) is 4.39 Å². The van der Waals surface area contributed by atoms with Gasteiger partial charge in [0.05, 0.1) is 6.54 Å². The molecule has 174 valence electrons. The highest BCUT2D eigenvalue weighted by molar-refractivity contribution is 6.05. The summed E-state index contributed by atoms with van der Waals surface area (Å²) in [5.41, 5.74) is -1.14. The maximum Gasteiger partial charge on any atom is 0.255 e. The Hall–Kier alpha value is -2.32. The number of nitrogens with one attached hydrogen (secondary N) is 1. The molecule has 2 atom stereocenters. The summed E-state index contributed by atoms with van der Waals surface area (Å²) in [6.07, 6.45) is 2.20. The van der Waals surface area contributed by atoms with Gasteiger partial charge in [0, 0.05) is 41.6 Å². The molecule has 2 unspecified atom stereocenters. The largest absolute Gasteiger partial charge is 0.384 e. The van der Waals surface area contributed by atoms with Crippen LogP contribution in [-0.4, -0.2) is 58.3 Å². The summed E-state index contributed by atoms with van der Waals surface area (Å²) in [5.74, 6) is -1.85. The second-order valence-corrected chi connectivity index (χ2v) is 9.32. The third kappa shape index (κ3) is 3.27. The summed E-state index contributed by atoms with van der Waals surface area (Å²) >= 11 is 0. The minimum Gasteiger partial charge on any atom is -0.384 e. The smallest absolute Gasteiger partial charge is 0.255 e. The molecular weight excluding hydrogens is 413 g/mol. The molecule has 2 saturated heterocycles. The van der Waals surface area contributed by atoms with Gasteiger partial charge in [-0.2, -0.15) is 0 Å². The maximum atomic E-state index is 16.0. The molecule has 0 saturated carbocycles. The van der Waals surface area contributed by atoms with Crippen molar-refractivity contribution in [2.45, 2.75) is 71.1 Å². The standard InChI is InChI=1S/C24H32FN3O4/c1-4-23(5-2)14-27(6-3)12-11-24(23,32)17-8-7-15-16(20(17)25)13-28(22(15)31)18-9-10-19(29)26-21(18)30/h7-8,18,32H,4-6,9-14H2,1-3H3,(H,26,29,30). The molecule has 32 heavy (non-hydrogen) atoms. The Kier molecular flexibility index (Phi) is 5.88. The van der Waals surface area contributed by atoms with Crippen LogP contribution in [0.15, 0.2) is 12.1 Å². The summed E-state index contributed by atoms with van der Waals surface area (Å²) in [7, 11) is 0. The van der Waals surface area contributed by atoms with Crippen molar-refractivity contribution < 1.29 is 23.9 Å². The monoisotopic (exact) mass is 445 g/mol. The van der Waals surface area contributed by atoms with E-state index in [1.807, 2.05) is 13.8 Å². The van der Waals surface area contributed by atoms with Gasteiger partial charge < -0.3 is 14.9 Å². The van der Waals surface area contributed by atoms with Crippen LogP contribution in [0.2, 0.25) is 0 Å². The van der Waals surface area contributed by atoms with Crippen LogP contribution < -0.4 is 5.32 Å². The molecule has 2 N–H and O–H groups in total. The van der Waals surface area contributed by atoms with Gasteiger partial charge in [-0.1, -0.05) is 26.8 Å². The molecular formula is C24H32FN3O4. The summed E-state index contributed by atoms with van der Waals surface area (Å²) in [6.45, 7) is 8.35. The van der Waals surface area contributed by atoms with Gasteiger partial charge >= 0.3 is 0 Å². The highest BCUT2D eigenvalue weighted by Crippen LogP contribution is 2.52. The Morgan fingerprint density at radius 3 is 2.53 bits per heavy atom. The molecule has 1 aromatic rings. The van der Waals surface area contributed by atoms with Crippen molar-refractivity contribution >= 4 is 17.7 Å². The van der Waals surface area contributed by atoms with Gasteiger partial charge in [-0.05, 0) is 38.3 Å². The van der Waals surface area contributed by atoms with Gasteiger partial charge in [0.15, 0.2) is 0 Å². The Morgan fingerprint density at radius 2 is 1.91 bits per heavy atom. The van der Waals surface area contributed by atoms with Crippen molar-refractivity contribution in [1.29, 1.82) is 0 Å². The van der Waals surface area contributed by atoms with E-state index in [0.717, 1.165) is 6.54 Å². The van der Waals surface area contributed by atoms with Gasteiger partial charge in [0.2, 0.25) is 11.8 Å². The van der Waals surface area contributed by atoms with E-state index in [0.29, 0.717) is 32.4 Å². The number of carbonyl (C=O) groups excluding carboxylic acids is 3. The lowest BCUT2D eigenvalue weighted by Gasteiger charge is -2.54. The lowest BCUT2D eigenvalue weighted by Crippen LogP contribution is -2.58. The number of carbonyl (C=O) groups is 3. The fourth-order valence-corrected chi connectivity index (χ4v) is 5.90. The number of likely N-dealkylation sites (tertiary alicyclic amines) is 1. The number of nitrogens with zero attached hydrogens (tertiary/aromatic N) is 2. The van der Waals surface area contributed by atoms with Gasteiger partial charge in [-0.3, -0.25) is 19.7 Å². The molecule has 3 heterocycles. The highest BCUT2D eigenvalue weighted by Gasteiger charge is 2.54. The van der Waals surface area contributed by atoms with E-state index in [1.54, 1.807) is 12.1 Å². The van der Waals surface area contributed by atoms with Crippen LogP contribution >= 0.6 is 0 Å². The molecule has 7 nitrogen and oxygen atoms in total. The van der Waals surface area contributed by atoms with Crippen LogP contribution in [0.5, 0.6) is 0 Å². The molecule has 3 aliphatic heterocycles. The first-order valence-corrected chi connectivity index (χ1v) is 11.6. The second kappa shape index (κ2) is 8.23. The molecule has 0 aromatic heterocycles. The fraction of sp³-hybridized carbons (Fsp3) is 0.625. The number of piperidine rings is 2. The summed E-state index contributed by atoms with van der Waals surface area (Å²) in [6, 6.07) is 2.35. The average Bonchev–Trinajstić information content (AvgIpc) is 3.11. The number of hydrogen-bond acceptors (Lipinski definition) is 5. The average molecular weight is 446 g/mol. The summed E-state index contributed by atoms with van der Waals surface area (Å²) in [5, 5.41) is 14.2. The van der Waals surface area contributed by atoms with Gasteiger partial charge in [0.25, 0.3) is 5.91 Å². The van der Waals surface area contributed by atoms with Crippen molar-refractivity contribution in [3.63, 3.8) is 0 Å². The lowest BCUT2D eigenvalue weighted by molar-refractivity contribution is -0.148. The lowest BCUT2D eigenvalue weighted by atomic mass is 9.61. The summed E-state index contributed by atoms with van der Waals surface area (Å²) in [4.78, 5) is 40.4. The van der Waals surface area contributed by atoms with E-state index in [4.69, 9.17) is 0 Å². The molecule has 0 aliphatic carbocycles. The highest BCUT2D eigenvalue weighted by atomic mass is 19.1. The van der Waals surface area contributed by atoms with Crippen molar-refractivity contribution in [2.24, 2.45) is 5.41 Å². The van der Waals surface area contributed by atoms with Crippen molar-refractivity contribution in [3.8, 4) is 0 Å². The Balaban J connectivity index is 1.71. The molecule has 3 aliphatic rings. The normalized spacial score (nSPS) is 28.1. The van der Waals surface area contributed by atoms with Crippen molar-refractivity contribution in [2.75, 3.05) is 19.6 Å². The molecule has 0 radical (unpaired) electrons. The van der Waals surface area contributed by atoms with Gasteiger partial charge in [-0.25, -0.2) is 4.39 Å². The third-order valence-corrected chi connectivity index (χ3v) is 8.09. The Morgan fingerprint density at radius 1 is 1.19 bits per heavy atom. The maximum absolute atomic E-state index is 16.0. The van der Waals surface area contributed by atoms with Crippen molar-refractivity contribution in [1.82, 2.24) is 15.1 Å². The predicted molar refractivity (Wildman–Crippen MR) is 116 cm³/mol. The third-order valence-electron chi connectivity index (χ3n) is 8.09. The van der Waals surface area contributed by atoms with E-state index in [-0.39, 0.29) is 42.0 Å². The van der Waals surface area contributed by atoms with E-state index < -0.39 is 34.7 Å². The SMILES string of the molecule is CCN1CCC(O)(c2ccc3c(c2F)CN(C2CCC(=O)NC2=O)C3=O)C(CC)(CC)C1. The van der Waals surface area contributed by atoms with E-state index >= 15 is 4.39 Å². The van der Waals surface area contributed by atoms with Crippen LogP contribution in [-0.2, 0) is 21.7 Å². The zero-order chi connectivity index (χ0) is 23.3. The topological polar surface area (TPSA) is 89.9 Å². The molecule has 0 spiro atoms. The number of rotatable bonds is 5. The van der Waals surface area contributed by atoms with Crippen LogP contribution in [0, 0.1) is 11.2 Å². The first kappa shape index (κ1) is 22.9. The molecule has 1 aromatic carbocycles. The number of hydrogen-bond donors (Lipinski definition) is 2. The summed E-state index contributed by atoms with van der Waals surface area (Å²) < 4.78 is 16.0. The molecule has 3 amide bonds. The number of fused-ring (bicyclic) bond motifs is 1. The number of aliphatic hydroxyl groups is 1. The number of imide groups is 1. The van der Waals surface area contributed by atoms with Crippen LogP contribution in [0.1, 0.15) is 74.4 Å². The van der Waals surface area contributed by atoms with Crippen molar-refractivity contribution in [3.05, 3.63) is 34.6 Å². The van der Waals surface area contributed by atoms with Crippen LogP contribution in [0.25, 0.3) is 0 Å². The minimum absolute atomic E-state index is 0.0392. The number of benzene rings is 1. The van der Waals surface area contributed by atoms with E-state index in [9.17, 15) is 19.5 Å². The number of halogens is 1. The molecule has 2 fully saturated rings. The first-order valence-electron chi connectivity index (χ1n) is 11.6. The Bertz CT molecular complexity index is 961. The van der Waals surface area contributed by atoms with Gasteiger partial charge in [0.1, 0.15) is 17.5 Å². The van der Waals surface area contributed by atoms with E-state index in [2.05, 4.69) is 17.1 Å². The fourth-order valence-electron chi connectivity index (χ4n) is 5.90. The molecule has 4 rings (SSSR count). The number of amides is 3. The van der Waals surface area contributed by atoms with E-state index in [1.165, 1.54) is 4.90 Å². The van der Waals surface area contributed by atoms with Crippen LogP contribution in [0.3, 0.4) is 0 Å². The predicted octanol–water partition coefficient (Wildman–Crippen LogP) is 2.31. The van der Waals surface area contributed by atoms with Gasteiger partial charge in [-0.15, -0.1) is 0 Å². The second-order valence-electron chi connectivity index (χ2n) is 9.32. The minimum atomic E-state index is -1.34. The molecule has 8 heteroatoms. The quantitative estimate of drug-likeness (QED) is 0.679.